The Morgan fingerprint density at radius 3 is 2.54 bits per heavy atom. The van der Waals surface area contributed by atoms with Gasteiger partial charge < -0.3 is 10.2 Å². The summed E-state index contributed by atoms with van der Waals surface area (Å²) in [7, 11) is 0. The number of benzene rings is 1. The summed E-state index contributed by atoms with van der Waals surface area (Å²) in [6, 6.07) is 10.2. The summed E-state index contributed by atoms with van der Waals surface area (Å²) in [5.74, 6) is 0.480. The van der Waals surface area contributed by atoms with Crippen LogP contribution in [0.5, 0.6) is 0 Å². The molecule has 2 aromatic heterocycles. The van der Waals surface area contributed by atoms with Crippen molar-refractivity contribution in [2.24, 2.45) is 0 Å². The van der Waals surface area contributed by atoms with E-state index in [0.717, 1.165) is 31.6 Å². The topological polar surface area (TPSA) is 75.9 Å². The third-order valence-electron chi connectivity index (χ3n) is 4.88. The van der Waals surface area contributed by atoms with Crippen LogP contribution in [0.15, 0.2) is 55.1 Å². The van der Waals surface area contributed by atoms with Crippen molar-refractivity contribution in [3.63, 3.8) is 0 Å². The zero-order chi connectivity index (χ0) is 19.2. The van der Waals surface area contributed by atoms with Crippen molar-refractivity contribution in [1.29, 1.82) is 0 Å². The van der Waals surface area contributed by atoms with Gasteiger partial charge in [-0.05, 0) is 31.2 Å². The molecular weight excluding hydrogens is 352 g/mol. The normalized spacial score (nSPS) is 13.6. The second-order valence-corrected chi connectivity index (χ2v) is 7.00. The van der Waals surface area contributed by atoms with Gasteiger partial charge >= 0.3 is 0 Å². The molecule has 1 N–H and O–H groups in total. The number of carbonyl (C=O) groups excluding carboxylic acids is 1. The maximum Gasteiger partial charge on any atom is 0.250 e. The van der Waals surface area contributed by atoms with Crippen LogP contribution in [0.25, 0.3) is 5.95 Å². The van der Waals surface area contributed by atoms with E-state index in [1.807, 2.05) is 30.6 Å². The van der Waals surface area contributed by atoms with Crippen molar-refractivity contribution in [2.45, 2.75) is 32.1 Å². The lowest BCUT2D eigenvalue weighted by Gasteiger charge is -2.16. The number of hydrogen-bond donors (Lipinski definition) is 1. The number of hydrogen-bond acceptors (Lipinski definition) is 5. The van der Waals surface area contributed by atoms with Gasteiger partial charge in [-0.1, -0.05) is 30.3 Å². The largest absolute Gasteiger partial charge is 0.369 e. The molecule has 0 bridgehead atoms. The first-order valence-corrected chi connectivity index (χ1v) is 9.74. The molecule has 0 aliphatic carbocycles. The molecule has 7 heteroatoms. The van der Waals surface area contributed by atoms with Crippen molar-refractivity contribution in [3.8, 4) is 5.95 Å². The predicted molar refractivity (Wildman–Crippen MR) is 109 cm³/mol. The molecule has 1 saturated heterocycles. The second kappa shape index (κ2) is 8.65. The summed E-state index contributed by atoms with van der Waals surface area (Å²) in [5.41, 5.74) is 2.94. The standard InChI is InChI=1S/C21H24N6O/c28-20(10-6-9-17-7-2-1-3-8-17)25-18-13-24-27(16-18)21-22-14-19(15-23-21)26-11-4-5-12-26/h1-3,7-8,13-16H,4-6,9-12H2,(H,25,28). The van der Waals surface area contributed by atoms with Crippen molar-refractivity contribution in [3.05, 3.63) is 60.7 Å². The number of nitrogens with one attached hydrogen (secondary N) is 1. The number of rotatable bonds is 7. The van der Waals surface area contributed by atoms with E-state index in [2.05, 4.69) is 37.4 Å². The number of amides is 1. The van der Waals surface area contributed by atoms with Crippen molar-refractivity contribution in [2.75, 3.05) is 23.3 Å². The average molecular weight is 376 g/mol. The van der Waals surface area contributed by atoms with Crippen LogP contribution in [-0.4, -0.2) is 38.7 Å². The first kappa shape index (κ1) is 18.2. The van der Waals surface area contributed by atoms with E-state index in [9.17, 15) is 4.79 Å². The van der Waals surface area contributed by atoms with E-state index in [-0.39, 0.29) is 5.91 Å². The zero-order valence-electron chi connectivity index (χ0n) is 15.8. The Labute approximate surface area is 164 Å². The zero-order valence-corrected chi connectivity index (χ0v) is 15.8. The summed E-state index contributed by atoms with van der Waals surface area (Å²) < 4.78 is 1.58. The Morgan fingerprint density at radius 2 is 1.79 bits per heavy atom. The first-order valence-electron chi connectivity index (χ1n) is 9.74. The summed E-state index contributed by atoms with van der Waals surface area (Å²) >= 11 is 0. The van der Waals surface area contributed by atoms with Gasteiger partial charge in [-0.2, -0.15) is 5.10 Å². The summed E-state index contributed by atoms with van der Waals surface area (Å²) in [4.78, 5) is 23.2. The molecule has 1 aliphatic rings. The van der Waals surface area contributed by atoms with E-state index in [4.69, 9.17) is 0 Å². The highest BCUT2D eigenvalue weighted by Gasteiger charge is 2.13. The minimum Gasteiger partial charge on any atom is -0.369 e. The van der Waals surface area contributed by atoms with Crippen LogP contribution in [0, 0.1) is 0 Å². The lowest BCUT2D eigenvalue weighted by Crippen LogP contribution is -2.18. The van der Waals surface area contributed by atoms with E-state index in [1.54, 1.807) is 17.1 Å². The molecule has 0 atom stereocenters. The van der Waals surface area contributed by atoms with Crippen LogP contribution < -0.4 is 10.2 Å². The van der Waals surface area contributed by atoms with Crippen molar-refractivity contribution in [1.82, 2.24) is 19.7 Å². The smallest absolute Gasteiger partial charge is 0.250 e. The molecule has 7 nitrogen and oxygen atoms in total. The Bertz CT molecular complexity index is 900. The van der Waals surface area contributed by atoms with Crippen LogP contribution in [0.1, 0.15) is 31.2 Å². The fourth-order valence-electron chi connectivity index (χ4n) is 3.39. The second-order valence-electron chi connectivity index (χ2n) is 7.00. The van der Waals surface area contributed by atoms with Crippen LogP contribution in [0.4, 0.5) is 11.4 Å². The Hall–Kier alpha value is -3.22. The highest BCUT2D eigenvalue weighted by atomic mass is 16.1. The molecular formula is C21H24N6O. The van der Waals surface area contributed by atoms with Gasteiger partial charge in [0.1, 0.15) is 0 Å². The van der Waals surface area contributed by atoms with Crippen molar-refractivity contribution < 1.29 is 4.79 Å². The van der Waals surface area contributed by atoms with Crippen molar-refractivity contribution >= 4 is 17.3 Å². The van der Waals surface area contributed by atoms with Gasteiger partial charge in [0.2, 0.25) is 5.91 Å². The van der Waals surface area contributed by atoms with Gasteiger partial charge in [-0.25, -0.2) is 14.6 Å². The molecule has 0 spiro atoms. The molecule has 144 valence electrons. The first-order chi connectivity index (χ1) is 13.8. The van der Waals surface area contributed by atoms with Gasteiger partial charge in [-0.3, -0.25) is 4.79 Å². The fourth-order valence-corrected chi connectivity index (χ4v) is 3.39. The summed E-state index contributed by atoms with van der Waals surface area (Å²) in [5, 5.41) is 7.15. The SMILES string of the molecule is O=C(CCCc1ccccc1)Nc1cnn(-c2ncc(N3CCCC3)cn2)c1. The maximum absolute atomic E-state index is 12.2. The number of aryl methyl sites for hydroxylation is 1. The monoisotopic (exact) mass is 376 g/mol. The summed E-state index contributed by atoms with van der Waals surface area (Å²) in [6.45, 7) is 2.12. The summed E-state index contributed by atoms with van der Waals surface area (Å²) in [6.07, 6.45) is 11.6. The van der Waals surface area contributed by atoms with Gasteiger partial charge in [0.15, 0.2) is 0 Å². The molecule has 1 aromatic carbocycles. The van der Waals surface area contributed by atoms with E-state index >= 15 is 0 Å². The minimum atomic E-state index is -0.0132. The van der Waals surface area contributed by atoms with E-state index < -0.39 is 0 Å². The van der Waals surface area contributed by atoms with Crippen LogP contribution in [0.3, 0.4) is 0 Å². The number of anilines is 2. The third-order valence-corrected chi connectivity index (χ3v) is 4.88. The van der Waals surface area contributed by atoms with Gasteiger partial charge in [0, 0.05) is 19.5 Å². The van der Waals surface area contributed by atoms with Crippen LogP contribution >= 0.6 is 0 Å². The quantitative estimate of drug-likeness (QED) is 0.685. The molecule has 3 heterocycles. The number of nitrogens with zero attached hydrogens (tertiary/aromatic N) is 5. The van der Waals surface area contributed by atoms with Crippen LogP contribution in [-0.2, 0) is 11.2 Å². The molecule has 0 unspecified atom stereocenters. The molecule has 0 radical (unpaired) electrons. The Morgan fingerprint density at radius 1 is 1.04 bits per heavy atom. The lowest BCUT2D eigenvalue weighted by molar-refractivity contribution is -0.116. The molecule has 3 aromatic rings. The average Bonchev–Trinajstić information content (AvgIpc) is 3.41. The molecule has 28 heavy (non-hydrogen) atoms. The third kappa shape index (κ3) is 4.54. The van der Waals surface area contributed by atoms with E-state index in [1.165, 1.54) is 18.4 Å². The van der Waals surface area contributed by atoms with Gasteiger partial charge in [-0.15, -0.1) is 0 Å². The molecule has 0 saturated carbocycles. The fraction of sp³-hybridized carbons (Fsp3) is 0.333. The maximum atomic E-state index is 12.2. The van der Waals surface area contributed by atoms with Crippen LogP contribution in [0.2, 0.25) is 0 Å². The van der Waals surface area contributed by atoms with Gasteiger partial charge in [0.25, 0.3) is 5.95 Å². The highest BCUT2D eigenvalue weighted by Crippen LogP contribution is 2.18. The minimum absolute atomic E-state index is 0.0132. The molecule has 1 aliphatic heterocycles. The molecule has 4 rings (SSSR count). The van der Waals surface area contributed by atoms with Gasteiger partial charge in [0.05, 0.1) is 36.2 Å². The lowest BCUT2D eigenvalue weighted by atomic mass is 10.1. The molecule has 1 amide bonds. The highest BCUT2D eigenvalue weighted by molar-refractivity contribution is 5.90. The van der Waals surface area contributed by atoms with E-state index in [0.29, 0.717) is 18.1 Å². The molecule has 1 fully saturated rings. The number of carbonyl (C=O) groups is 1. The predicted octanol–water partition coefficient (Wildman–Crippen LogP) is 3.22. The Kier molecular flexibility index (Phi) is 5.61. The Balaban J connectivity index is 1.29. The number of aromatic nitrogens is 4.